The molecule has 0 bridgehead atoms. The Morgan fingerprint density at radius 2 is 2.08 bits per heavy atom. The van der Waals surface area contributed by atoms with E-state index < -0.39 is 22.3 Å². The SMILES string of the molecule is CCCOC(=O)C(CCC)S(=O)O. The molecule has 0 aromatic rings. The van der Waals surface area contributed by atoms with Crippen molar-refractivity contribution < 1.29 is 18.3 Å². The topological polar surface area (TPSA) is 63.6 Å². The maximum Gasteiger partial charge on any atom is 0.324 e. The zero-order valence-corrected chi connectivity index (χ0v) is 8.80. The summed E-state index contributed by atoms with van der Waals surface area (Å²) >= 11 is -2.11. The van der Waals surface area contributed by atoms with E-state index in [2.05, 4.69) is 0 Å². The van der Waals surface area contributed by atoms with Crippen molar-refractivity contribution in [2.45, 2.75) is 38.4 Å². The molecule has 0 fully saturated rings. The van der Waals surface area contributed by atoms with Crippen LogP contribution in [0.25, 0.3) is 0 Å². The lowest BCUT2D eigenvalue weighted by atomic mass is 10.2. The molecular weight excluding hydrogens is 192 g/mol. The average Bonchev–Trinajstić information content (AvgIpc) is 2.09. The van der Waals surface area contributed by atoms with Crippen molar-refractivity contribution in [3.05, 3.63) is 0 Å². The van der Waals surface area contributed by atoms with Crippen LogP contribution in [0.15, 0.2) is 0 Å². The Bertz CT molecular complexity index is 181. The fraction of sp³-hybridized carbons (Fsp3) is 0.875. The first-order valence-electron chi connectivity index (χ1n) is 4.39. The summed E-state index contributed by atoms with van der Waals surface area (Å²) in [4.78, 5) is 11.2. The molecule has 5 heteroatoms. The molecule has 0 aliphatic rings. The van der Waals surface area contributed by atoms with Gasteiger partial charge in [-0.3, -0.25) is 4.79 Å². The zero-order chi connectivity index (χ0) is 10.3. The van der Waals surface area contributed by atoms with Gasteiger partial charge in [0.15, 0.2) is 16.3 Å². The van der Waals surface area contributed by atoms with Gasteiger partial charge in [-0.05, 0) is 12.8 Å². The van der Waals surface area contributed by atoms with E-state index in [-0.39, 0.29) is 0 Å². The second kappa shape index (κ2) is 7.03. The molecule has 0 rings (SSSR count). The zero-order valence-electron chi connectivity index (χ0n) is 7.99. The molecule has 4 nitrogen and oxygen atoms in total. The van der Waals surface area contributed by atoms with Crippen molar-refractivity contribution in [1.82, 2.24) is 0 Å². The van der Waals surface area contributed by atoms with Crippen molar-refractivity contribution in [2.75, 3.05) is 6.61 Å². The molecule has 0 aliphatic carbocycles. The highest BCUT2D eigenvalue weighted by Gasteiger charge is 2.24. The minimum atomic E-state index is -2.11. The van der Waals surface area contributed by atoms with Crippen molar-refractivity contribution >= 4 is 17.0 Å². The summed E-state index contributed by atoms with van der Waals surface area (Å²) in [5.41, 5.74) is 0. The van der Waals surface area contributed by atoms with Crippen LogP contribution in [0.2, 0.25) is 0 Å². The maximum atomic E-state index is 11.2. The quantitative estimate of drug-likeness (QED) is 0.528. The molecule has 1 N–H and O–H groups in total. The molecule has 0 heterocycles. The summed E-state index contributed by atoms with van der Waals surface area (Å²) in [7, 11) is 0. The number of hydrogen-bond acceptors (Lipinski definition) is 3. The third-order valence-electron chi connectivity index (χ3n) is 1.51. The van der Waals surface area contributed by atoms with Crippen molar-refractivity contribution in [3.8, 4) is 0 Å². The second-order valence-electron chi connectivity index (χ2n) is 2.72. The Labute approximate surface area is 80.9 Å². The normalized spacial score (nSPS) is 15.0. The number of carbonyl (C=O) groups is 1. The third-order valence-corrected chi connectivity index (χ3v) is 2.42. The molecule has 0 aromatic heterocycles. The first kappa shape index (κ1) is 12.6. The molecule has 0 radical (unpaired) electrons. The van der Waals surface area contributed by atoms with Crippen molar-refractivity contribution in [2.24, 2.45) is 0 Å². The standard InChI is InChI=1S/C8H16O4S/c1-3-5-7(13(10)11)8(9)12-6-4-2/h7H,3-6H2,1-2H3,(H,10,11). The Kier molecular flexibility index (Phi) is 6.80. The molecule has 0 aromatic carbocycles. The summed E-state index contributed by atoms with van der Waals surface area (Å²) < 4.78 is 24.3. The van der Waals surface area contributed by atoms with E-state index in [1.54, 1.807) is 0 Å². The monoisotopic (exact) mass is 208 g/mol. The van der Waals surface area contributed by atoms with E-state index >= 15 is 0 Å². The van der Waals surface area contributed by atoms with Crippen molar-refractivity contribution in [1.29, 1.82) is 0 Å². The highest BCUT2D eigenvalue weighted by atomic mass is 32.2. The number of esters is 1. The lowest BCUT2D eigenvalue weighted by molar-refractivity contribution is -0.143. The van der Waals surface area contributed by atoms with Gasteiger partial charge >= 0.3 is 5.97 Å². The van der Waals surface area contributed by atoms with Crippen LogP contribution >= 0.6 is 0 Å². The molecule has 2 unspecified atom stereocenters. The van der Waals surface area contributed by atoms with Gasteiger partial charge in [0.05, 0.1) is 6.61 Å². The molecule has 78 valence electrons. The van der Waals surface area contributed by atoms with Crippen LogP contribution in [0.5, 0.6) is 0 Å². The number of hydrogen-bond donors (Lipinski definition) is 1. The molecule has 0 aliphatic heterocycles. The summed E-state index contributed by atoms with van der Waals surface area (Å²) in [6, 6.07) is 0. The van der Waals surface area contributed by atoms with E-state index in [9.17, 15) is 9.00 Å². The number of rotatable bonds is 6. The Morgan fingerprint density at radius 1 is 1.46 bits per heavy atom. The third kappa shape index (κ3) is 5.00. The predicted octanol–water partition coefficient (Wildman–Crippen LogP) is 1.33. The molecule has 0 saturated heterocycles. The molecule has 0 amide bonds. The largest absolute Gasteiger partial charge is 0.465 e. The Hall–Kier alpha value is -0.420. The second-order valence-corrected chi connectivity index (χ2v) is 3.84. The number of carbonyl (C=O) groups excluding carboxylic acids is 1. The fourth-order valence-corrected chi connectivity index (χ4v) is 1.53. The van der Waals surface area contributed by atoms with Crippen LogP contribution in [0.4, 0.5) is 0 Å². The van der Waals surface area contributed by atoms with Crippen LogP contribution in [0.3, 0.4) is 0 Å². The van der Waals surface area contributed by atoms with Crippen molar-refractivity contribution in [3.63, 3.8) is 0 Å². The van der Waals surface area contributed by atoms with Crippen LogP contribution in [-0.4, -0.2) is 26.6 Å². The van der Waals surface area contributed by atoms with E-state index in [0.717, 1.165) is 6.42 Å². The highest BCUT2D eigenvalue weighted by molar-refractivity contribution is 7.80. The van der Waals surface area contributed by atoms with E-state index in [1.807, 2.05) is 13.8 Å². The van der Waals surface area contributed by atoms with E-state index in [4.69, 9.17) is 9.29 Å². The van der Waals surface area contributed by atoms with Gasteiger partial charge in [0.2, 0.25) is 0 Å². The predicted molar refractivity (Wildman–Crippen MR) is 50.7 cm³/mol. The summed E-state index contributed by atoms with van der Waals surface area (Å²) in [5.74, 6) is -0.565. The average molecular weight is 208 g/mol. The molecule has 2 atom stereocenters. The molecule has 0 spiro atoms. The van der Waals surface area contributed by atoms with Gasteiger partial charge in [-0.2, -0.15) is 0 Å². The molecular formula is C8H16O4S. The summed E-state index contributed by atoms with van der Waals surface area (Å²) in [5, 5.41) is -0.878. The first-order valence-corrected chi connectivity index (χ1v) is 5.56. The fourth-order valence-electron chi connectivity index (χ4n) is 0.859. The van der Waals surface area contributed by atoms with Gasteiger partial charge in [0.25, 0.3) is 0 Å². The van der Waals surface area contributed by atoms with Crippen LogP contribution in [-0.2, 0) is 20.6 Å². The number of ether oxygens (including phenoxy) is 1. The van der Waals surface area contributed by atoms with E-state index in [1.165, 1.54) is 0 Å². The highest BCUT2D eigenvalue weighted by Crippen LogP contribution is 2.06. The summed E-state index contributed by atoms with van der Waals surface area (Å²) in [6.07, 6.45) is 1.81. The summed E-state index contributed by atoms with van der Waals surface area (Å²) in [6.45, 7) is 4.04. The van der Waals surface area contributed by atoms with Crippen LogP contribution in [0.1, 0.15) is 33.1 Å². The van der Waals surface area contributed by atoms with E-state index in [0.29, 0.717) is 19.4 Å². The van der Waals surface area contributed by atoms with Crippen LogP contribution < -0.4 is 0 Å². The van der Waals surface area contributed by atoms with Gasteiger partial charge in [-0.15, -0.1) is 0 Å². The Balaban J connectivity index is 4.03. The van der Waals surface area contributed by atoms with Gasteiger partial charge < -0.3 is 9.29 Å². The lowest BCUT2D eigenvalue weighted by Gasteiger charge is -2.10. The van der Waals surface area contributed by atoms with Crippen LogP contribution in [0, 0.1) is 0 Å². The van der Waals surface area contributed by atoms with Gasteiger partial charge in [-0.25, -0.2) is 4.21 Å². The van der Waals surface area contributed by atoms with Gasteiger partial charge in [-0.1, -0.05) is 20.3 Å². The molecule has 0 saturated carbocycles. The van der Waals surface area contributed by atoms with Gasteiger partial charge in [0.1, 0.15) is 0 Å². The maximum absolute atomic E-state index is 11.2. The lowest BCUT2D eigenvalue weighted by Crippen LogP contribution is -2.27. The first-order chi connectivity index (χ1) is 6.13. The smallest absolute Gasteiger partial charge is 0.324 e. The minimum Gasteiger partial charge on any atom is -0.465 e. The molecule has 13 heavy (non-hydrogen) atoms. The minimum absolute atomic E-state index is 0.316. The van der Waals surface area contributed by atoms with Gasteiger partial charge in [0, 0.05) is 0 Å². The Morgan fingerprint density at radius 3 is 2.46 bits per heavy atom.